The van der Waals surface area contributed by atoms with Crippen LogP contribution in [0.3, 0.4) is 0 Å². The Labute approximate surface area is 155 Å². The number of benzene rings is 3. The van der Waals surface area contributed by atoms with Crippen molar-refractivity contribution in [2.45, 2.75) is 6.92 Å². The highest BCUT2D eigenvalue weighted by atomic mass is 16.5. The molecule has 0 aliphatic rings. The Morgan fingerprint density at radius 1 is 0.704 bits per heavy atom. The Morgan fingerprint density at radius 2 is 1.19 bits per heavy atom. The van der Waals surface area contributed by atoms with Crippen LogP contribution in [-0.4, -0.2) is 22.2 Å². The molecule has 27 heavy (non-hydrogen) atoms. The largest absolute Gasteiger partial charge is 0.508 e. The van der Waals surface area contributed by atoms with Crippen LogP contribution in [0.15, 0.2) is 66.7 Å². The van der Waals surface area contributed by atoms with Crippen LogP contribution in [-0.2, 0) is 0 Å². The van der Waals surface area contributed by atoms with Gasteiger partial charge in [0.25, 0.3) is 0 Å². The maximum Gasteiger partial charge on any atom is 0.343 e. The van der Waals surface area contributed by atoms with E-state index in [1.807, 2.05) is 0 Å². The van der Waals surface area contributed by atoms with E-state index in [0.29, 0.717) is 22.6 Å². The third kappa shape index (κ3) is 4.43. The molecule has 6 nitrogen and oxygen atoms in total. The third-order valence-corrected chi connectivity index (χ3v) is 3.78. The summed E-state index contributed by atoms with van der Waals surface area (Å²) in [5, 5.41) is 18.5. The van der Waals surface area contributed by atoms with E-state index in [1.165, 1.54) is 66.7 Å². The molecule has 0 atom stereocenters. The summed E-state index contributed by atoms with van der Waals surface area (Å²) in [5.74, 6) is -0.414. The predicted molar refractivity (Wildman–Crippen MR) is 97.3 cm³/mol. The molecule has 0 radical (unpaired) electrons. The smallest absolute Gasteiger partial charge is 0.343 e. The van der Waals surface area contributed by atoms with Gasteiger partial charge >= 0.3 is 11.9 Å². The number of esters is 2. The van der Waals surface area contributed by atoms with Crippen LogP contribution in [0, 0.1) is 6.92 Å². The van der Waals surface area contributed by atoms with Crippen LogP contribution in [0.25, 0.3) is 0 Å². The SMILES string of the molecule is Cc1cc(C(=O)Oc2ccc(O)cc2)ccc1C(=O)Oc1ccc(O)cc1. The van der Waals surface area contributed by atoms with Crippen molar-refractivity contribution in [3.8, 4) is 23.0 Å². The first kappa shape index (κ1) is 18.0. The fourth-order valence-corrected chi connectivity index (χ4v) is 2.38. The maximum absolute atomic E-state index is 12.3. The molecular formula is C21H16O6. The summed E-state index contributed by atoms with van der Waals surface area (Å²) in [4.78, 5) is 24.5. The fourth-order valence-electron chi connectivity index (χ4n) is 2.38. The molecule has 0 saturated heterocycles. The van der Waals surface area contributed by atoms with Crippen LogP contribution in [0.1, 0.15) is 26.3 Å². The molecule has 0 aromatic heterocycles. The van der Waals surface area contributed by atoms with Crippen molar-refractivity contribution < 1.29 is 29.3 Å². The molecular weight excluding hydrogens is 348 g/mol. The third-order valence-electron chi connectivity index (χ3n) is 3.78. The van der Waals surface area contributed by atoms with Crippen molar-refractivity contribution in [3.05, 3.63) is 83.4 Å². The van der Waals surface area contributed by atoms with Crippen molar-refractivity contribution in [3.63, 3.8) is 0 Å². The highest BCUT2D eigenvalue weighted by Gasteiger charge is 2.15. The van der Waals surface area contributed by atoms with E-state index >= 15 is 0 Å². The number of aromatic hydroxyl groups is 2. The van der Waals surface area contributed by atoms with E-state index in [2.05, 4.69) is 0 Å². The number of hydrogen-bond donors (Lipinski definition) is 2. The van der Waals surface area contributed by atoms with E-state index in [4.69, 9.17) is 9.47 Å². The van der Waals surface area contributed by atoms with Gasteiger partial charge in [-0.1, -0.05) is 0 Å². The first-order valence-electron chi connectivity index (χ1n) is 8.05. The van der Waals surface area contributed by atoms with E-state index < -0.39 is 11.9 Å². The Morgan fingerprint density at radius 3 is 1.67 bits per heavy atom. The zero-order valence-corrected chi connectivity index (χ0v) is 14.4. The second-order valence-electron chi connectivity index (χ2n) is 5.80. The summed E-state index contributed by atoms with van der Waals surface area (Å²) in [6.07, 6.45) is 0. The molecule has 3 aromatic carbocycles. The van der Waals surface area contributed by atoms with Crippen molar-refractivity contribution >= 4 is 11.9 Å². The van der Waals surface area contributed by atoms with Crippen molar-refractivity contribution in [2.75, 3.05) is 0 Å². The Bertz CT molecular complexity index is 975. The molecule has 0 heterocycles. The Hall–Kier alpha value is -3.80. The molecule has 0 aliphatic heterocycles. The highest BCUT2D eigenvalue weighted by Crippen LogP contribution is 2.21. The molecule has 0 amide bonds. The average Bonchev–Trinajstić information content (AvgIpc) is 2.65. The van der Waals surface area contributed by atoms with Gasteiger partial charge in [-0.3, -0.25) is 0 Å². The minimum Gasteiger partial charge on any atom is -0.508 e. The topological polar surface area (TPSA) is 93.1 Å². The van der Waals surface area contributed by atoms with E-state index in [9.17, 15) is 19.8 Å². The van der Waals surface area contributed by atoms with E-state index in [0.717, 1.165) is 0 Å². The summed E-state index contributed by atoms with van der Waals surface area (Å²) in [6.45, 7) is 1.69. The zero-order valence-electron chi connectivity index (χ0n) is 14.4. The highest BCUT2D eigenvalue weighted by molar-refractivity contribution is 5.96. The van der Waals surface area contributed by atoms with Gasteiger partial charge in [-0.25, -0.2) is 9.59 Å². The molecule has 2 N–H and O–H groups in total. The Kier molecular flexibility index (Phi) is 5.08. The summed E-state index contributed by atoms with van der Waals surface area (Å²) in [7, 11) is 0. The molecule has 3 aromatic rings. The van der Waals surface area contributed by atoms with Gasteiger partial charge in [-0.05, 0) is 79.2 Å². The lowest BCUT2D eigenvalue weighted by Crippen LogP contribution is -2.13. The van der Waals surface area contributed by atoms with Gasteiger partial charge in [-0.15, -0.1) is 0 Å². The maximum atomic E-state index is 12.3. The summed E-state index contributed by atoms with van der Waals surface area (Å²) < 4.78 is 10.5. The van der Waals surface area contributed by atoms with Crippen molar-refractivity contribution in [1.82, 2.24) is 0 Å². The van der Waals surface area contributed by atoms with Crippen LogP contribution in [0.5, 0.6) is 23.0 Å². The molecule has 3 rings (SSSR count). The van der Waals surface area contributed by atoms with Crippen LogP contribution < -0.4 is 9.47 Å². The van der Waals surface area contributed by atoms with Gasteiger partial charge in [-0.2, -0.15) is 0 Å². The molecule has 136 valence electrons. The summed E-state index contributed by atoms with van der Waals surface area (Å²) in [5.41, 5.74) is 1.14. The number of rotatable bonds is 4. The summed E-state index contributed by atoms with van der Waals surface area (Å²) >= 11 is 0. The number of phenols is 2. The summed E-state index contributed by atoms with van der Waals surface area (Å²) in [6, 6.07) is 16.1. The van der Waals surface area contributed by atoms with Gasteiger partial charge in [0, 0.05) is 0 Å². The first-order valence-corrected chi connectivity index (χ1v) is 8.05. The minimum atomic E-state index is -0.581. The van der Waals surface area contributed by atoms with Gasteiger partial charge in [0.2, 0.25) is 0 Å². The average molecular weight is 364 g/mol. The van der Waals surface area contributed by atoms with Crippen LogP contribution in [0.2, 0.25) is 0 Å². The fraction of sp³-hybridized carbons (Fsp3) is 0.0476. The number of carbonyl (C=O) groups excluding carboxylic acids is 2. The lowest BCUT2D eigenvalue weighted by molar-refractivity contribution is 0.0719. The lowest BCUT2D eigenvalue weighted by atomic mass is 10.1. The number of ether oxygens (including phenoxy) is 2. The van der Waals surface area contributed by atoms with Gasteiger partial charge < -0.3 is 19.7 Å². The predicted octanol–water partition coefficient (Wildman–Crippen LogP) is 3.84. The van der Waals surface area contributed by atoms with E-state index in [-0.39, 0.29) is 17.1 Å². The number of hydrogen-bond acceptors (Lipinski definition) is 6. The lowest BCUT2D eigenvalue weighted by Gasteiger charge is -2.09. The molecule has 0 fully saturated rings. The monoisotopic (exact) mass is 364 g/mol. The normalized spacial score (nSPS) is 10.3. The van der Waals surface area contributed by atoms with Gasteiger partial charge in [0.05, 0.1) is 11.1 Å². The quantitative estimate of drug-likeness (QED) is 0.540. The standard InChI is InChI=1S/C21H16O6/c1-13-12-14(20(24)26-17-7-3-15(22)4-8-17)2-11-19(13)21(25)27-18-9-5-16(23)6-10-18/h2-12,22-23H,1H3. The Balaban J connectivity index is 1.72. The number of carbonyl (C=O) groups is 2. The molecule has 0 spiro atoms. The van der Waals surface area contributed by atoms with Crippen LogP contribution >= 0.6 is 0 Å². The first-order chi connectivity index (χ1) is 12.9. The van der Waals surface area contributed by atoms with Gasteiger partial charge in [0.15, 0.2) is 0 Å². The number of phenolic OH excluding ortho intramolecular Hbond substituents is 2. The van der Waals surface area contributed by atoms with Crippen molar-refractivity contribution in [2.24, 2.45) is 0 Å². The second kappa shape index (κ2) is 7.61. The van der Waals surface area contributed by atoms with Crippen LogP contribution in [0.4, 0.5) is 0 Å². The molecule has 0 aliphatic carbocycles. The molecule has 0 unspecified atom stereocenters. The minimum absolute atomic E-state index is 0.0714. The second-order valence-corrected chi connectivity index (χ2v) is 5.80. The molecule has 0 bridgehead atoms. The molecule has 6 heteroatoms. The molecule has 0 saturated carbocycles. The van der Waals surface area contributed by atoms with E-state index in [1.54, 1.807) is 6.92 Å². The van der Waals surface area contributed by atoms with Gasteiger partial charge in [0.1, 0.15) is 23.0 Å². The number of aryl methyl sites for hydroxylation is 1. The zero-order chi connectivity index (χ0) is 19.4. The van der Waals surface area contributed by atoms with Crippen molar-refractivity contribution in [1.29, 1.82) is 0 Å².